The molecule has 2 aliphatic carbocycles. The third kappa shape index (κ3) is 2.86. The van der Waals surface area contributed by atoms with Gasteiger partial charge >= 0.3 is 0 Å². The van der Waals surface area contributed by atoms with E-state index < -0.39 is 0 Å². The number of hydrogen-bond acceptors (Lipinski definition) is 3. The summed E-state index contributed by atoms with van der Waals surface area (Å²) in [5, 5.41) is 10.8. The Morgan fingerprint density at radius 3 is 2.74 bits per heavy atom. The molecule has 0 aromatic carbocycles. The quantitative estimate of drug-likeness (QED) is 0.883. The molecule has 23 heavy (non-hydrogen) atoms. The zero-order chi connectivity index (χ0) is 16.0. The fourth-order valence-corrected chi connectivity index (χ4v) is 3.80. The van der Waals surface area contributed by atoms with Crippen LogP contribution in [0.2, 0.25) is 0 Å². The van der Waals surface area contributed by atoms with E-state index in [-0.39, 0.29) is 23.9 Å². The van der Waals surface area contributed by atoms with Crippen LogP contribution in [-0.4, -0.2) is 33.7 Å². The van der Waals surface area contributed by atoms with Crippen LogP contribution < -0.4 is 10.6 Å². The number of carbonyl (C=O) groups is 2. The summed E-state index contributed by atoms with van der Waals surface area (Å²) in [7, 11) is 1.87. The Labute approximate surface area is 136 Å². The summed E-state index contributed by atoms with van der Waals surface area (Å²) < 4.78 is 1.74. The van der Waals surface area contributed by atoms with Gasteiger partial charge in [0.25, 0.3) is 5.91 Å². The lowest BCUT2D eigenvalue weighted by Crippen LogP contribution is -2.56. The Morgan fingerprint density at radius 2 is 2.09 bits per heavy atom. The monoisotopic (exact) mass is 316 g/mol. The van der Waals surface area contributed by atoms with Crippen molar-refractivity contribution < 1.29 is 9.59 Å². The molecule has 1 aromatic rings. The van der Waals surface area contributed by atoms with Crippen LogP contribution in [0.3, 0.4) is 0 Å². The van der Waals surface area contributed by atoms with Crippen LogP contribution in [0, 0.1) is 5.92 Å². The lowest BCUT2D eigenvalue weighted by Gasteiger charge is -2.33. The van der Waals surface area contributed by atoms with Gasteiger partial charge in [-0.25, -0.2) is 0 Å². The van der Waals surface area contributed by atoms with Crippen LogP contribution >= 0.6 is 0 Å². The largest absolute Gasteiger partial charge is 0.351 e. The van der Waals surface area contributed by atoms with Gasteiger partial charge in [-0.1, -0.05) is 6.42 Å². The highest BCUT2D eigenvalue weighted by Gasteiger charge is 2.41. The zero-order valence-corrected chi connectivity index (χ0v) is 13.5. The van der Waals surface area contributed by atoms with Crippen LogP contribution in [0.5, 0.6) is 0 Å². The average Bonchev–Trinajstić information content (AvgIpc) is 3.23. The minimum atomic E-state index is -0.0354. The number of hydrogen-bond donors (Lipinski definition) is 2. The van der Waals surface area contributed by atoms with Crippen molar-refractivity contribution in [3.8, 4) is 0 Å². The van der Waals surface area contributed by atoms with Crippen molar-refractivity contribution in [2.75, 3.05) is 0 Å². The van der Waals surface area contributed by atoms with Crippen LogP contribution in [-0.2, 0) is 11.8 Å². The Balaban J connectivity index is 1.49. The van der Waals surface area contributed by atoms with E-state index in [1.807, 2.05) is 13.2 Å². The normalized spacial score (nSPS) is 28.1. The standard InChI is InChI=1S/C17H24N4O2/c1-21-9-12(15(20-21)10-3-2-4-10)17(23)18-13-7-8-14(22)19-16(13)11-5-6-11/h9-11,13,16H,2-8H2,1H3,(H,18,23)(H,19,22)/t13-,16+/m1/s1. The maximum atomic E-state index is 12.8. The molecule has 2 saturated carbocycles. The molecule has 0 bridgehead atoms. The Bertz CT molecular complexity index is 631. The molecule has 0 radical (unpaired) electrons. The number of carbonyl (C=O) groups excluding carboxylic acids is 2. The van der Waals surface area contributed by atoms with Gasteiger partial charge in [-0.15, -0.1) is 0 Å². The number of rotatable bonds is 4. The topological polar surface area (TPSA) is 76.0 Å². The van der Waals surface area contributed by atoms with Gasteiger partial charge in [0, 0.05) is 25.6 Å². The number of nitrogens with zero attached hydrogens (tertiary/aromatic N) is 2. The summed E-state index contributed by atoms with van der Waals surface area (Å²) in [6.45, 7) is 0. The summed E-state index contributed by atoms with van der Waals surface area (Å²) in [6, 6.07) is 0.145. The van der Waals surface area contributed by atoms with Gasteiger partial charge in [0.05, 0.1) is 23.3 Å². The first-order chi connectivity index (χ1) is 11.1. The molecule has 4 rings (SSSR count). The van der Waals surface area contributed by atoms with Crippen LogP contribution in [0.15, 0.2) is 6.20 Å². The summed E-state index contributed by atoms with van der Waals surface area (Å²) >= 11 is 0. The first kappa shape index (κ1) is 14.7. The van der Waals surface area contributed by atoms with Gasteiger partial charge in [-0.05, 0) is 38.0 Å². The Kier molecular flexibility index (Phi) is 3.62. The van der Waals surface area contributed by atoms with Gasteiger partial charge < -0.3 is 10.6 Å². The summed E-state index contributed by atoms with van der Waals surface area (Å²) in [5.74, 6) is 1.04. The van der Waals surface area contributed by atoms with Gasteiger partial charge in [0.1, 0.15) is 0 Å². The van der Waals surface area contributed by atoms with Crippen molar-refractivity contribution in [1.29, 1.82) is 0 Å². The maximum absolute atomic E-state index is 12.8. The molecule has 6 nitrogen and oxygen atoms in total. The fourth-order valence-electron chi connectivity index (χ4n) is 3.80. The van der Waals surface area contributed by atoms with Crippen LogP contribution in [0.1, 0.15) is 66.9 Å². The molecule has 1 aliphatic heterocycles. The summed E-state index contributed by atoms with van der Waals surface area (Å²) in [6.07, 6.45) is 8.84. The SMILES string of the molecule is Cn1cc(C(=O)N[C@@H]2CCC(=O)N[C@H]2C2CC2)c(C2CCC2)n1. The molecule has 2 N–H and O–H groups in total. The fraction of sp³-hybridized carbons (Fsp3) is 0.706. The molecule has 1 saturated heterocycles. The predicted octanol–water partition coefficient (Wildman–Crippen LogP) is 1.47. The Hall–Kier alpha value is -1.85. The molecular formula is C17H24N4O2. The lowest BCUT2D eigenvalue weighted by atomic mass is 9.81. The van der Waals surface area contributed by atoms with Crippen LogP contribution in [0.4, 0.5) is 0 Å². The van der Waals surface area contributed by atoms with Crippen LogP contribution in [0.25, 0.3) is 0 Å². The third-order valence-corrected chi connectivity index (χ3v) is 5.48. The highest BCUT2D eigenvalue weighted by Crippen LogP contribution is 2.38. The number of amides is 2. The van der Waals surface area contributed by atoms with Crippen molar-refractivity contribution in [2.24, 2.45) is 13.0 Å². The smallest absolute Gasteiger partial charge is 0.255 e. The molecule has 2 amide bonds. The van der Waals surface area contributed by atoms with E-state index in [1.165, 1.54) is 6.42 Å². The predicted molar refractivity (Wildman–Crippen MR) is 84.9 cm³/mol. The third-order valence-electron chi connectivity index (χ3n) is 5.48. The first-order valence-electron chi connectivity index (χ1n) is 8.75. The van der Waals surface area contributed by atoms with Crippen molar-refractivity contribution in [3.63, 3.8) is 0 Å². The van der Waals surface area contributed by atoms with E-state index in [9.17, 15) is 9.59 Å². The Morgan fingerprint density at radius 1 is 1.30 bits per heavy atom. The summed E-state index contributed by atoms with van der Waals surface area (Å²) in [4.78, 5) is 24.4. The number of piperidine rings is 1. The molecule has 2 atom stereocenters. The molecule has 0 unspecified atom stereocenters. The van der Waals surface area contributed by atoms with E-state index in [1.54, 1.807) is 4.68 Å². The zero-order valence-electron chi connectivity index (χ0n) is 13.5. The van der Waals surface area contributed by atoms with Gasteiger partial charge in [0.15, 0.2) is 0 Å². The van der Waals surface area contributed by atoms with Gasteiger partial charge in [0.2, 0.25) is 5.91 Å². The molecule has 3 aliphatic rings. The highest BCUT2D eigenvalue weighted by atomic mass is 16.2. The second kappa shape index (κ2) is 5.65. The highest BCUT2D eigenvalue weighted by molar-refractivity contribution is 5.95. The van der Waals surface area contributed by atoms with Crippen molar-refractivity contribution in [3.05, 3.63) is 17.5 Å². The van der Waals surface area contributed by atoms with Crippen molar-refractivity contribution in [2.45, 2.75) is 62.9 Å². The minimum Gasteiger partial charge on any atom is -0.351 e. The number of aromatic nitrogens is 2. The molecule has 6 heteroatoms. The van der Waals surface area contributed by atoms with Gasteiger partial charge in [-0.2, -0.15) is 5.10 Å². The first-order valence-corrected chi connectivity index (χ1v) is 8.75. The van der Waals surface area contributed by atoms with Crippen molar-refractivity contribution in [1.82, 2.24) is 20.4 Å². The van der Waals surface area contributed by atoms with E-state index in [4.69, 9.17) is 0 Å². The molecule has 0 spiro atoms. The second-order valence-electron chi connectivity index (χ2n) is 7.28. The summed E-state index contributed by atoms with van der Waals surface area (Å²) in [5.41, 5.74) is 1.66. The van der Waals surface area contributed by atoms with E-state index >= 15 is 0 Å². The minimum absolute atomic E-state index is 0.0354. The number of nitrogens with one attached hydrogen (secondary N) is 2. The molecule has 124 valence electrons. The molecule has 2 heterocycles. The number of aryl methyl sites for hydroxylation is 1. The molecule has 3 fully saturated rings. The lowest BCUT2D eigenvalue weighted by molar-refractivity contribution is -0.124. The average molecular weight is 316 g/mol. The van der Waals surface area contributed by atoms with Crippen molar-refractivity contribution >= 4 is 11.8 Å². The second-order valence-corrected chi connectivity index (χ2v) is 7.28. The maximum Gasteiger partial charge on any atom is 0.255 e. The van der Waals surface area contributed by atoms with E-state index in [2.05, 4.69) is 15.7 Å². The molecular weight excluding hydrogens is 292 g/mol. The van der Waals surface area contributed by atoms with E-state index in [0.29, 0.717) is 23.8 Å². The van der Waals surface area contributed by atoms with Gasteiger partial charge in [-0.3, -0.25) is 14.3 Å². The molecule has 1 aromatic heterocycles. The van der Waals surface area contributed by atoms with E-state index in [0.717, 1.165) is 37.8 Å².